The van der Waals surface area contributed by atoms with Gasteiger partial charge >= 0.3 is 0 Å². The van der Waals surface area contributed by atoms with Crippen molar-refractivity contribution in [2.45, 2.75) is 46.1 Å². The lowest BCUT2D eigenvalue weighted by Crippen LogP contribution is -2.35. The number of hydrogen-bond donors (Lipinski definition) is 1. The average molecular weight is 295 g/mol. The molecule has 1 aromatic carbocycles. The van der Waals surface area contributed by atoms with Gasteiger partial charge in [-0.05, 0) is 49.9 Å². The normalized spacial score (nSPS) is 21.0. The van der Waals surface area contributed by atoms with Crippen molar-refractivity contribution in [3.63, 3.8) is 0 Å². The van der Waals surface area contributed by atoms with Gasteiger partial charge in [-0.15, -0.1) is 0 Å². The summed E-state index contributed by atoms with van der Waals surface area (Å²) in [5.74, 6) is 0.836. The van der Waals surface area contributed by atoms with E-state index in [0.29, 0.717) is 6.04 Å². The molecule has 0 aliphatic carbocycles. The second-order valence-electron chi connectivity index (χ2n) is 5.85. The number of benzene rings is 1. The zero-order valence-electron chi connectivity index (χ0n) is 13.0. The molecule has 1 fully saturated rings. The molecule has 0 radical (unpaired) electrons. The Bertz CT molecular complexity index is 433. The van der Waals surface area contributed by atoms with Gasteiger partial charge in [0.15, 0.2) is 0 Å². The predicted octanol–water partition coefficient (Wildman–Crippen LogP) is 4.64. The summed E-state index contributed by atoms with van der Waals surface area (Å²) in [6.45, 7) is 9.88. The van der Waals surface area contributed by atoms with Gasteiger partial charge in [0.25, 0.3) is 0 Å². The van der Waals surface area contributed by atoms with Crippen LogP contribution in [0, 0.1) is 5.92 Å². The summed E-state index contributed by atoms with van der Waals surface area (Å²) < 4.78 is 0. The SMILES string of the molecule is CCNC(C)c1ccc(N2CCCC(CC)C2)cc1Cl. The zero-order chi connectivity index (χ0) is 14.5. The first-order valence-corrected chi connectivity index (χ1v) is 8.31. The molecule has 1 aromatic rings. The number of rotatable bonds is 5. The molecule has 0 bridgehead atoms. The van der Waals surface area contributed by atoms with E-state index < -0.39 is 0 Å². The van der Waals surface area contributed by atoms with E-state index >= 15 is 0 Å². The Balaban J connectivity index is 2.12. The monoisotopic (exact) mass is 294 g/mol. The minimum absolute atomic E-state index is 0.311. The Kier molecular flexibility index (Phi) is 5.74. The molecule has 20 heavy (non-hydrogen) atoms. The summed E-state index contributed by atoms with van der Waals surface area (Å²) in [6, 6.07) is 6.86. The molecule has 1 saturated heterocycles. The van der Waals surface area contributed by atoms with Crippen LogP contribution in [-0.2, 0) is 0 Å². The maximum Gasteiger partial charge on any atom is 0.0474 e. The highest BCUT2D eigenvalue weighted by molar-refractivity contribution is 6.31. The fourth-order valence-corrected chi connectivity index (χ4v) is 3.45. The molecule has 2 rings (SSSR count). The Morgan fingerprint density at radius 3 is 2.85 bits per heavy atom. The summed E-state index contributed by atoms with van der Waals surface area (Å²) in [5.41, 5.74) is 2.47. The lowest BCUT2D eigenvalue weighted by Gasteiger charge is -2.34. The maximum atomic E-state index is 6.48. The van der Waals surface area contributed by atoms with E-state index in [-0.39, 0.29) is 0 Å². The van der Waals surface area contributed by atoms with Crippen molar-refractivity contribution in [3.8, 4) is 0 Å². The fourth-order valence-electron chi connectivity index (χ4n) is 3.11. The number of hydrogen-bond acceptors (Lipinski definition) is 2. The van der Waals surface area contributed by atoms with Crippen LogP contribution < -0.4 is 10.2 Å². The summed E-state index contributed by atoms with van der Waals surface area (Å²) in [7, 11) is 0. The molecule has 0 spiro atoms. The highest BCUT2D eigenvalue weighted by Gasteiger charge is 2.19. The Hall–Kier alpha value is -0.730. The third kappa shape index (κ3) is 3.67. The highest BCUT2D eigenvalue weighted by Crippen LogP contribution is 2.30. The second kappa shape index (κ2) is 7.33. The van der Waals surface area contributed by atoms with Crippen molar-refractivity contribution in [2.24, 2.45) is 5.92 Å². The van der Waals surface area contributed by atoms with Gasteiger partial charge in [-0.25, -0.2) is 0 Å². The van der Waals surface area contributed by atoms with E-state index in [9.17, 15) is 0 Å². The topological polar surface area (TPSA) is 15.3 Å². The second-order valence-corrected chi connectivity index (χ2v) is 6.25. The lowest BCUT2D eigenvalue weighted by atomic mass is 9.95. The quantitative estimate of drug-likeness (QED) is 0.851. The summed E-state index contributed by atoms with van der Waals surface area (Å²) in [6.07, 6.45) is 3.95. The van der Waals surface area contributed by atoms with Crippen LogP contribution in [0.15, 0.2) is 18.2 Å². The third-order valence-corrected chi connectivity index (χ3v) is 4.75. The molecule has 3 heteroatoms. The zero-order valence-corrected chi connectivity index (χ0v) is 13.7. The molecule has 2 unspecified atom stereocenters. The standard InChI is InChI=1S/C17H27ClN2/c1-4-14-7-6-10-20(12-14)15-8-9-16(17(18)11-15)13(3)19-5-2/h8-9,11,13-14,19H,4-7,10,12H2,1-3H3. The van der Waals surface area contributed by atoms with E-state index in [1.54, 1.807) is 0 Å². The summed E-state index contributed by atoms with van der Waals surface area (Å²) in [4.78, 5) is 2.49. The van der Waals surface area contributed by atoms with Gasteiger partial charge in [0.1, 0.15) is 0 Å². The molecule has 0 saturated carbocycles. The van der Waals surface area contributed by atoms with Crippen LogP contribution in [0.4, 0.5) is 5.69 Å². The molecule has 1 aliphatic rings. The van der Waals surface area contributed by atoms with Gasteiger partial charge in [0.2, 0.25) is 0 Å². The van der Waals surface area contributed by atoms with Crippen molar-refractivity contribution >= 4 is 17.3 Å². The van der Waals surface area contributed by atoms with Crippen LogP contribution >= 0.6 is 11.6 Å². The van der Waals surface area contributed by atoms with Crippen molar-refractivity contribution in [1.29, 1.82) is 0 Å². The van der Waals surface area contributed by atoms with Gasteiger partial charge in [-0.2, -0.15) is 0 Å². The molecule has 112 valence electrons. The number of nitrogens with zero attached hydrogens (tertiary/aromatic N) is 1. The smallest absolute Gasteiger partial charge is 0.0474 e. The Morgan fingerprint density at radius 1 is 1.40 bits per heavy atom. The first-order chi connectivity index (χ1) is 9.65. The minimum Gasteiger partial charge on any atom is -0.371 e. The van der Waals surface area contributed by atoms with Crippen LogP contribution in [0.5, 0.6) is 0 Å². The molecule has 1 N–H and O–H groups in total. The Labute approximate surface area is 128 Å². The van der Waals surface area contributed by atoms with Crippen molar-refractivity contribution in [3.05, 3.63) is 28.8 Å². The molecular weight excluding hydrogens is 268 g/mol. The number of piperidine rings is 1. The largest absolute Gasteiger partial charge is 0.371 e. The van der Waals surface area contributed by atoms with Crippen LogP contribution in [0.25, 0.3) is 0 Å². The summed E-state index contributed by atoms with van der Waals surface area (Å²) >= 11 is 6.48. The lowest BCUT2D eigenvalue weighted by molar-refractivity contribution is 0.404. The van der Waals surface area contributed by atoms with Crippen LogP contribution in [0.2, 0.25) is 5.02 Å². The van der Waals surface area contributed by atoms with E-state index in [2.05, 4.69) is 49.2 Å². The van der Waals surface area contributed by atoms with Crippen LogP contribution in [0.3, 0.4) is 0 Å². The first-order valence-electron chi connectivity index (χ1n) is 7.93. The van der Waals surface area contributed by atoms with Crippen LogP contribution in [0.1, 0.15) is 51.6 Å². The van der Waals surface area contributed by atoms with E-state index in [0.717, 1.165) is 24.0 Å². The van der Waals surface area contributed by atoms with Crippen molar-refractivity contribution in [1.82, 2.24) is 5.32 Å². The predicted molar refractivity (Wildman–Crippen MR) is 88.8 cm³/mol. The van der Waals surface area contributed by atoms with Gasteiger partial charge < -0.3 is 10.2 Å². The maximum absolute atomic E-state index is 6.48. The van der Waals surface area contributed by atoms with Crippen molar-refractivity contribution < 1.29 is 0 Å². The van der Waals surface area contributed by atoms with Gasteiger partial charge in [0.05, 0.1) is 0 Å². The molecule has 2 atom stereocenters. The van der Waals surface area contributed by atoms with Gasteiger partial charge in [-0.3, -0.25) is 0 Å². The van der Waals surface area contributed by atoms with Gasteiger partial charge in [0, 0.05) is 29.8 Å². The van der Waals surface area contributed by atoms with E-state index in [4.69, 9.17) is 11.6 Å². The van der Waals surface area contributed by atoms with Gasteiger partial charge in [-0.1, -0.05) is 37.9 Å². The Morgan fingerprint density at radius 2 is 2.20 bits per heavy atom. The highest BCUT2D eigenvalue weighted by atomic mass is 35.5. The molecule has 1 aliphatic heterocycles. The molecule has 1 heterocycles. The molecule has 0 aromatic heterocycles. The first kappa shape index (κ1) is 15.7. The summed E-state index contributed by atoms with van der Waals surface area (Å²) in [5, 5.41) is 4.30. The average Bonchev–Trinajstić information content (AvgIpc) is 2.47. The number of halogens is 1. The molecular formula is C17H27ClN2. The van der Waals surface area contributed by atoms with E-state index in [1.165, 1.54) is 37.1 Å². The van der Waals surface area contributed by atoms with Crippen LogP contribution in [-0.4, -0.2) is 19.6 Å². The fraction of sp³-hybridized carbons (Fsp3) is 0.647. The van der Waals surface area contributed by atoms with E-state index in [1.807, 2.05) is 0 Å². The van der Waals surface area contributed by atoms with Crippen molar-refractivity contribution in [2.75, 3.05) is 24.5 Å². The number of nitrogens with one attached hydrogen (secondary N) is 1. The third-order valence-electron chi connectivity index (χ3n) is 4.42. The number of anilines is 1. The molecule has 2 nitrogen and oxygen atoms in total. The molecule has 0 amide bonds. The minimum atomic E-state index is 0.311.